The second-order valence-electron chi connectivity index (χ2n) is 7.28. The Bertz CT molecular complexity index is 1080. The standard InChI is InChI=1S/C21H24N2O5S/c1-13-5-7-18(14(2)11-13)22-20(24)15(3)28-21(25)17-6-8-19-16(12-17)9-10-23(19)29(4,26)27/h5-8,11-12,15H,9-10H2,1-4H3,(H,22,24)/t15-/m1/s1. The zero-order chi connectivity index (χ0) is 21.3. The lowest BCUT2D eigenvalue weighted by Crippen LogP contribution is -2.30. The highest BCUT2D eigenvalue weighted by molar-refractivity contribution is 7.92. The third kappa shape index (κ3) is 4.59. The van der Waals surface area contributed by atoms with Gasteiger partial charge in [0.1, 0.15) is 0 Å². The van der Waals surface area contributed by atoms with E-state index in [0.717, 1.165) is 22.9 Å². The van der Waals surface area contributed by atoms with Gasteiger partial charge in [0.05, 0.1) is 17.5 Å². The Kier molecular flexibility index (Phi) is 5.66. The maximum absolute atomic E-state index is 12.5. The smallest absolute Gasteiger partial charge is 0.338 e. The van der Waals surface area contributed by atoms with Gasteiger partial charge in [-0.3, -0.25) is 9.10 Å². The molecule has 0 unspecified atom stereocenters. The van der Waals surface area contributed by atoms with Gasteiger partial charge in [0, 0.05) is 12.2 Å². The first-order chi connectivity index (χ1) is 13.6. The predicted octanol–water partition coefficient (Wildman–Crippen LogP) is 2.81. The Balaban J connectivity index is 1.68. The van der Waals surface area contributed by atoms with Crippen molar-refractivity contribution in [1.29, 1.82) is 0 Å². The van der Waals surface area contributed by atoms with Gasteiger partial charge in [0.2, 0.25) is 10.0 Å². The highest BCUT2D eigenvalue weighted by Gasteiger charge is 2.27. The number of nitrogens with zero attached hydrogens (tertiary/aromatic N) is 1. The molecule has 1 aliphatic rings. The van der Waals surface area contributed by atoms with Crippen molar-refractivity contribution in [2.24, 2.45) is 0 Å². The summed E-state index contributed by atoms with van der Waals surface area (Å²) in [7, 11) is -3.35. The lowest BCUT2D eigenvalue weighted by atomic mass is 10.1. The molecule has 3 rings (SSSR count). The summed E-state index contributed by atoms with van der Waals surface area (Å²) in [4.78, 5) is 24.9. The molecule has 0 bridgehead atoms. The first-order valence-corrected chi connectivity index (χ1v) is 11.1. The Hall–Kier alpha value is -2.87. The molecule has 0 aromatic heterocycles. The Labute approximate surface area is 170 Å². The van der Waals surface area contributed by atoms with Crippen molar-refractivity contribution in [3.05, 3.63) is 58.7 Å². The molecule has 1 atom stereocenters. The van der Waals surface area contributed by atoms with Crippen LogP contribution < -0.4 is 9.62 Å². The van der Waals surface area contributed by atoms with Crippen LogP contribution in [0.5, 0.6) is 0 Å². The molecule has 1 N–H and O–H groups in total. The molecular weight excluding hydrogens is 392 g/mol. The Morgan fingerprint density at radius 2 is 1.86 bits per heavy atom. The molecule has 2 aromatic carbocycles. The lowest BCUT2D eigenvalue weighted by molar-refractivity contribution is -0.123. The molecule has 0 aliphatic carbocycles. The monoisotopic (exact) mass is 416 g/mol. The molecule has 0 saturated heterocycles. The van der Waals surface area contributed by atoms with Crippen molar-refractivity contribution in [3.63, 3.8) is 0 Å². The van der Waals surface area contributed by atoms with Gasteiger partial charge < -0.3 is 10.1 Å². The van der Waals surface area contributed by atoms with E-state index in [0.29, 0.717) is 24.3 Å². The molecule has 1 aliphatic heterocycles. The van der Waals surface area contributed by atoms with E-state index < -0.39 is 28.0 Å². The van der Waals surface area contributed by atoms with Crippen LogP contribution in [0.1, 0.15) is 34.0 Å². The number of carbonyl (C=O) groups is 2. The predicted molar refractivity (Wildman–Crippen MR) is 112 cm³/mol. The van der Waals surface area contributed by atoms with Gasteiger partial charge in [0.25, 0.3) is 5.91 Å². The molecule has 1 amide bonds. The number of nitrogens with one attached hydrogen (secondary N) is 1. The largest absolute Gasteiger partial charge is 0.449 e. The van der Waals surface area contributed by atoms with Gasteiger partial charge in [-0.05, 0) is 62.6 Å². The molecule has 2 aromatic rings. The van der Waals surface area contributed by atoms with E-state index in [4.69, 9.17) is 4.74 Å². The highest BCUT2D eigenvalue weighted by Crippen LogP contribution is 2.31. The number of esters is 1. The first kappa shape index (κ1) is 20.9. The summed E-state index contributed by atoms with van der Waals surface area (Å²) in [5.74, 6) is -1.05. The fourth-order valence-electron chi connectivity index (χ4n) is 3.31. The number of ether oxygens (including phenoxy) is 1. The number of amides is 1. The van der Waals surface area contributed by atoms with Crippen molar-refractivity contribution >= 4 is 33.3 Å². The average molecular weight is 416 g/mol. The van der Waals surface area contributed by atoms with Crippen LogP contribution in [0.2, 0.25) is 0 Å². The van der Waals surface area contributed by atoms with Gasteiger partial charge in [-0.1, -0.05) is 17.7 Å². The zero-order valence-corrected chi connectivity index (χ0v) is 17.7. The van der Waals surface area contributed by atoms with Crippen LogP contribution in [0.15, 0.2) is 36.4 Å². The summed E-state index contributed by atoms with van der Waals surface area (Å²) >= 11 is 0. The van der Waals surface area contributed by atoms with Gasteiger partial charge >= 0.3 is 5.97 Å². The minimum absolute atomic E-state index is 0.283. The Morgan fingerprint density at radius 3 is 2.52 bits per heavy atom. The fraction of sp³-hybridized carbons (Fsp3) is 0.333. The zero-order valence-electron chi connectivity index (χ0n) is 16.9. The molecule has 0 saturated carbocycles. The molecule has 0 spiro atoms. The van der Waals surface area contributed by atoms with Crippen LogP contribution >= 0.6 is 0 Å². The molecule has 29 heavy (non-hydrogen) atoms. The van der Waals surface area contributed by atoms with Crippen molar-refractivity contribution in [3.8, 4) is 0 Å². The number of aryl methyl sites for hydroxylation is 2. The summed E-state index contributed by atoms with van der Waals surface area (Å²) in [5, 5.41) is 2.77. The van der Waals surface area contributed by atoms with E-state index in [-0.39, 0.29) is 5.56 Å². The number of fused-ring (bicyclic) bond motifs is 1. The maximum atomic E-state index is 12.5. The Morgan fingerprint density at radius 1 is 1.14 bits per heavy atom. The fourth-order valence-corrected chi connectivity index (χ4v) is 4.27. The normalized spacial score (nSPS) is 14.3. The number of hydrogen-bond donors (Lipinski definition) is 1. The lowest BCUT2D eigenvalue weighted by Gasteiger charge is -2.17. The number of sulfonamides is 1. The number of rotatable bonds is 5. The van der Waals surface area contributed by atoms with Gasteiger partial charge in [-0.25, -0.2) is 13.2 Å². The summed E-state index contributed by atoms with van der Waals surface area (Å²) in [6.45, 7) is 5.72. The molecular formula is C21H24N2O5S. The van der Waals surface area contributed by atoms with E-state index in [1.807, 2.05) is 32.0 Å². The van der Waals surface area contributed by atoms with Crippen molar-refractivity contribution in [1.82, 2.24) is 0 Å². The van der Waals surface area contributed by atoms with E-state index in [1.165, 1.54) is 17.3 Å². The topological polar surface area (TPSA) is 92.8 Å². The SMILES string of the molecule is Cc1ccc(NC(=O)[C@@H](C)OC(=O)c2ccc3c(c2)CCN3S(C)(=O)=O)c(C)c1. The minimum atomic E-state index is -3.35. The number of hydrogen-bond acceptors (Lipinski definition) is 5. The minimum Gasteiger partial charge on any atom is -0.449 e. The summed E-state index contributed by atoms with van der Waals surface area (Å²) in [5.41, 5.74) is 4.30. The van der Waals surface area contributed by atoms with E-state index in [2.05, 4.69) is 5.32 Å². The van der Waals surface area contributed by atoms with Crippen LogP contribution in [-0.2, 0) is 26.0 Å². The van der Waals surface area contributed by atoms with Crippen LogP contribution in [-0.4, -0.2) is 39.2 Å². The number of benzene rings is 2. The molecule has 0 fully saturated rings. The van der Waals surface area contributed by atoms with Gasteiger partial charge in [-0.15, -0.1) is 0 Å². The second-order valence-corrected chi connectivity index (χ2v) is 9.19. The van der Waals surface area contributed by atoms with Gasteiger partial charge in [-0.2, -0.15) is 0 Å². The third-order valence-corrected chi connectivity index (χ3v) is 6.04. The van der Waals surface area contributed by atoms with Crippen molar-refractivity contribution in [2.75, 3.05) is 22.4 Å². The van der Waals surface area contributed by atoms with Crippen molar-refractivity contribution in [2.45, 2.75) is 33.3 Å². The van der Waals surface area contributed by atoms with E-state index in [1.54, 1.807) is 12.1 Å². The molecule has 1 heterocycles. The maximum Gasteiger partial charge on any atom is 0.338 e. The summed E-state index contributed by atoms with van der Waals surface area (Å²) in [6.07, 6.45) is 0.691. The molecule has 154 valence electrons. The van der Waals surface area contributed by atoms with Gasteiger partial charge in [0.15, 0.2) is 6.10 Å². The third-order valence-electron chi connectivity index (χ3n) is 4.86. The van der Waals surface area contributed by atoms with Crippen LogP contribution in [0.4, 0.5) is 11.4 Å². The molecule has 7 nitrogen and oxygen atoms in total. The van der Waals surface area contributed by atoms with E-state index in [9.17, 15) is 18.0 Å². The molecule has 0 radical (unpaired) electrons. The van der Waals surface area contributed by atoms with E-state index >= 15 is 0 Å². The number of anilines is 2. The quantitative estimate of drug-likeness (QED) is 0.757. The highest BCUT2D eigenvalue weighted by atomic mass is 32.2. The van der Waals surface area contributed by atoms with Crippen LogP contribution in [0.25, 0.3) is 0 Å². The summed E-state index contributed by atoms with van der Waals surface area (Å²) < 4.78 is 30.3. The van der Waals surface area contributed by atoms with Crippen molar-refractivity contribution < 1.29 is 22.7 Å². The van der Waals surface area contributed by atoms with Crippen LogP contribution in [0, 0.1) is 13.8 Å². The second kappa shape index (κ2) is 7.87. The summed E-state index contributed by atoms with van der Waals surface area (Å²) in [6, 6.07) is 10.4. The number of carbonyl (C=O) groups excluding carboxylic acids is 2. The average Bonchev–Trinajstić information content (AvgIpc) is 3.07. The molecule has 8 heteroatoms. The first-order valence-electron chi connectivity index (χ1n) is 9.26. The van der Waals surface area contributed by atoms with Crippen LogP contribution in [0.3, 0.4) is 0 Å².